The van der Waals surface area contributed by atoms with Gasteiger partial charge >= 0.3 is 0 Å². The van der Waals surface area contributed by atoms with Gasteiger partial charge in [-0.25, -0.2) is 0 Å². The molecule has 3 aliphatic carbocycles. The molecule has 0 amide bonds. The standard InChI is InChI=1S/C18H26O5/c1-9-6-12(19)14(21)16(3)11(9)4-5-17-7-10(2)13(20)18(22,15(16)17)23-8-17/h6,10-11,13-15,20-22H,4-5,7-8H2,1-3H3/t10-,11+,13-,14-,15-,16-,17+,18+/m1/s1. The maximum absolute atomic E-state index is 12.3. The Morgan fingerprint density at radius 2 is 2.04 bits per heavy atom. The summed E-state index contributed by atoms with van der Waals surface area (Å²) in [7, 11) is 0. The molecule has 128 valence electrons. The van der Waals surface area contributed by atoms with Crippen molar-refractivity contribution in [1.82, 2.24) is 0 Å². The van der Waals surface area contributed by atoms with E-state index in [2.05, 4.69) is 0 Å². The van der Waals surface area contributed by atoms with E-state index in [1.54, 1.807) is 6.08 Å². The second-order valence-corrected chi connectivity index (χ2v) is 8.61. The Kier molecular flexibility index (Phi) is 3.05. The van der Waals surface area contributed by atoms with Crippen molar-refractivity contribution in [3.63, 3.8) is 0 Å². The molecular weight excluding hydrogens is 296 g/mol. The zero-order valence-corrected chi connectivity index (χ0v) is 14.0. The Morgan fingerprint density at radius 3 is 2.74 bits per heavy atom. The minimum absolute atomic E-state index is 0.0298. The molecule has 2 saturated carbocycles. The molecule has 4 aliphatic rings. The number of allylic oxidation sites excluding steroid dienone is 1. The first-order valence-corrected chi connectivity index (χ1v) is 8.61. The summed E-state index contributed by atoms with van der Waals surface area (Å²) in [5.41, 5.74) is -0.105. The van der Waals surface area contributed by atoms with Crippen LogP contribution in [0.1, 0.15) is 40.0 Å². The molecule has 0 aromatic rings. The number of ketones is 1. The molecule has 1 saturated heterocycles. The Hall–Kier alpha value is -0.750. The average Bonchev–Trinajstić information content (AvgIpc) is 2.75. The van der Waals surface area contributed by atoms with Crippen molar-refractivity contribution in [2.24, 2.45) is 28.6 Å². The number of aliphatic hydroxyl groups excluding tert-OH is 2. The van der Waals surface area contributed by atoms with Gasteiger partial charge < -0.3 is 20.1 Å². The van der Waals surface area contributed by atoms with Crippen LogP contribution in [0.3, 0.4) is 0 Å². The number of carbonyl (C=O) groups excluding carboxylic acids is 1. The van der Waals surface area contributed by atoms with E-state index < -0.39 is 29.3 Å². The van der Waals surface area contributed by atoms with Gasteiger partial charge in [-0.05, 0) is 44.1 Å². The van der Waals surface area contributed by atoms with Crippen molar-refractivity contribution >= 4 is 5.78 Å². The SMILES string of the molecule is CC1=CC(=O)[C@@H](O)[C@]2(C)[C@@H]3[C@]4(CC[C@@H]12)CO[C@@]3(O)[C@H](O)[C@H](C)C4. The molecule has 0 spiro atoms. The second kappa shape index (κ2) is 4.45. The quantitative estimate of drug-likeness (QED) is 0.620. The van der Waals surface area contributed by atoms with Crippen molar-refractivity contribution in [2.75, 3.05) is 6.61 Å². The first-order valence-electron chi connectivity index (χ1n) is 8.61. The molecule has 3 fully saturated rings. The van der Waals surface area contributed by atoms with Gasteiger partial charge in [0.1, 0.15) is 12.2 Å². The van der Waals surface area contributed by atoms with Crippen LogP contribution in [0.25, 0.3) is 0 Å². The van der Waals surface area contributed by atoms with Crippen LogP contribution in [0.15, 0.2) is 11.6 Å². The Labute approximate surface area is 136 Å². The number of rotatable bonds is 0. The van der Waals surface area contributed by atoms with Crippen molar-refractivity contribution in [3.05, 3.63) is 11.6 Å². The summed E-state index contributed by atoms with van der Waals surface area (Å²) >= 11 is 0. The summed E-state index contributed by atoms with van der Waals surface area (Å²) in [6, 6.07) is 0. The summed E-state index contributed by atoms with van der Waals surface area (Å²) in [5.74, 6) is -2.44. The maximum atomic E-state index is 12.3. The summed E-state index contributed by atoms with van der Waals surface area (Å²) in [6.45, 7) is 6.16. The number of aliphatic hydroxyl groups is 3. The van der Waals surface area contributed by atoms with Crippen molar-refractivity contribution in [3.8, 4) is 0 Å². The van der Waals surface area contributed by atoms with Gasteiger partial charge in [-0.2, -0.15) is 0 Å². The fourth-order valence-electron chi connectivity index (χ4n) is 6.60. The van der Waals surface area contributed by atoms with Crippen LogP contribution in [-0.4, -0.2) is 45.7 Å². The first kappa shape index (κ1) is 15.8. The van der Waals surface area contributed by atoms with Crippen LogP contribution < -0.4 is 0 Å². The van der Waals surface area contributed by atoms with Gasteiger partial charge in [0.25, 0.3) is 0 Å². The molecule has 4 rings (SSSR count). The van der Waals surface area contributed by atoms with Gasteiger partial charge in [0.05, 0.1) is 6.61 Å². The third-order valence-corrected chi connectivity index (χ3v) is 7.39. The number of fused-ring (bicyclic) bond motifs is 1. The molecule has 0 aromatic carbocycles. The Bertz CT molecular complexity index is 594. The van der Waals surface area contributed by atoms with E-state index in [0.717, 1.165) is 24.8 Å². The molecule has 0 unspecified atom stereocenters. The van der Waals surface area contributed by atoms with E-state index >= 15 is 0 Å². The highest BCUT2D eigenvalue weighted by molar-refractivity contribution is 5.96. The van der Waals surface area contributed by atoms with Crippen LogP contribution in [0.5, 0.6) is 0 Å². The lowest BCUT2D eigenvalue weighted by molar-refractivity contribution is -0.307. The summed E-state index contributed by atoms with van der Waals surface area (Å²) in [5, 5.41) is 32.6. The van der Waals surface area contributed by atoms with E-state index in [9.17, 15) is 20.1 Å². The highest BCUT2D eigenvalue weighted by atomic mass is 16.6. The average molecular weight is 322 g/mol. The fraction of sp³-hybridized carbons (Fsp3) is 0.833. The Balaban J connectivity index is 1.90. The van der Waals surface area contributed by atoms with Gasteiger partial charge in [0, 0.05) is 16.7 Å². The lowest BCUT2D eigenvalue weighted by atomic mass is 9.42. The van der Waals surface area contributed by atoms with Crippen LogP contribution in [0, 0.1) is 28.6 Å². The smallest absolute Gasteiger partial charge is 0.196 e. The third-order valence-electron chi connectivity index (χ3n) is 7.39. The monoisotopic (exact) mass is 322 g/mol. The van der Waals surface area contributed by atoms with E-state index in [1.807, 2.05) is 20.8 Å². The largest absolute Gasteiger partial charge is 0.387 e. The number of hydrogen-bond donors (Lipinski definition) is 3. The highest BCUT2D eigenvalue weighted by Gasteiger charge is 2.75. The minimum Gasteiger partial charge on any atom is -0.387 e. The Morgan fingerprint density at radius 1 is 1.35 bits per heavy atom. The summed E-state index contributed by atoms with van der Waals surface area (Å²) in [6.07, 6.45) is 1.92. The van der Waals surface area contributed by atoms with E-state index in [-0.39, 0.29) is 23.0 Å². The van der Waals surface area contributed by atoms with Crippen molar-refractivity contribution in [1.29, 1.82) is 0 Å². The topological polar surface area (TPSA) is 87.0 Å². The number of hydrogen-bond acceptors (Lipinski definition) is 5. The predicted octanol–water partition coefficient (Wildman–Crippen LogP) is 1.01. The van der Waals surface area contributed by atoms with E-state index in [1.165, 1.54) is 0 Å². The molecule has 0 aromatic heterocycles. The number of carbonyl (C=O) groups is 1. The zero-order valence-electron chi connectivity index (χ0n) is 14.0. The van der Waals surface area contributed by atoms with E-state index in [0.29, 0.717) is 6.61 Å². The van der Waals surface area contributed by atoms with Gasteiger partial charge in [-0.3, -0.25) is 4.79 Å². The molecule has 5 nitrogen and oxygen atoms in total. The third kappa shape index (κ3) is 1.64. The maximum Gasteiger partial charge on any atom is 0.196 e. The molecular formula is C18H26O5. The van der Waals surface area contributed by atoms with Crippen LogP contribution in [-0.2, 0) is 9.53 Å². The molecule has 1 heterocycles. The minimum atomic E-state index is -1.68. The van der Waals surface area contributed by atoms with Gasteiger partial charge in [-0.15, -0.1) is 0 Å². The summed E-state index contributed by atoms with van der Waals surface area (Å²) < 4.78 is 5.78. The lowest BCUT2D eigenvalue weighted by Gasteiger charge is -2.62. The molecule has 0 radical (unpaired) electrons. The highest BCUT2D eigenvalue weighted by Crippen LogP contribution is 2.70. The first-order chi connectivity index (χ1) is 10.7. The molecule has 5 heteroatoms. The zero-order chi connectivity index (χ0) is 16.8. The molecule has 1 aliphatic heterocycles. The number of ether oxygens (including phenoxy) is 1. The van der Waals surface area contributed by atoms with Gasteiger partial charge in [-0.1, -0.05) is 19.4 Å². The van der Waals surface area contributed by atoms with Gasteiger partial charge in [0.15, 0.2) is 11.6 Å². The molecule has 23 heavy (non-hydrogen) atoms. The van der Waals surface area contributed by atoms with E-state index in [4.69, 9.17) is 4.74 Å². The van der Waals surface area contributed by atoms with Crippen molar-refractivity contribution in [2.45, 2.75) is 58.0 Å². The fourth-order valence-corrected chi connectivity index (χ4v) is 6.60. The molecule has 2 bridgehead atoms. The normalized spacial score (nSPS) is 58.4. The van der Waals surface area contributed by atoms with Crippen LogP contribution >= 0.6 is 0 Å². The molecule has 8 atom stereocenters. The second-order valence-electron chi connectivity index (χ2n) is 8.61. The van der Waals surface area contributed by atoms with Gasteiger partial charge in [0.2, 0.25) is 0 Å². The van der Waals surface area contributed by atoms with Crippen molar-refractivity contribution < 1.29 is 24.9 Å². The summed E-state index contributed by atoms with van der Waals surface area (Å²) in [4.78, 5) is 12.3. The lowest BCUT2D eigenvalue weighted by Crippen LogP contribution is -2.69. The molecule has 3 N–H and O–H groups in total. The van der Waals surface area contributed by atoms with Crippen LogP contribution in [0.4, 0.5) is 0 Å². The van der Waals surface area contributed by atoms with Crippen LogP contribution in [0.2, 0.25) is 0 Å². The predicted molar refractivity (Wildman–Crippen MR) is 82.2 cm³/mol.